The van der Waals surface area contributed by atoms with Crippen molar-refractivity contribution < 1.29 is 14.3 Å². The molecular weight excluding hydrogens is 368 g/mol. The Morgan fingerprint density at radius 1 is 1.31 bits per heavy atom. The number of amides is 1. The smallest absolute Gasteiger partial charge is 0.256 e. The number of hydrogen-bond donors (Lipinski definition) is 1. The molecular formula is C22H26N4O3. The molecule has 2 aromatic heterocycles. The van der Waals surface area contributed by atoms with Crippen LogP contribution in [0.3, 0.4) is 0 Å². The number of nitrogens with zero attached hydrogens (tertiary/aromatic N) is 3. The summed E-state index contributed by atoms with van der Waals surface area (Å²) < 4.78 is 13.7. The molecule has 0 unspecified atom stereocenters. The Bertz CT molecular complexity index is 1090. The average Bonchev–Trinajstić information content (AvgIpc) is 3.32. The van der Waals surface area contributed by atoms with Crippen LogP contribution in [0.2, 0.25) is 0 Å². The molecule has 7 heteroatoms. The molecule has 2 aliphatic rings. The zero-order valence-corrected chi connectivity index (χ0v) is 17.1. The summed E-state index contributed by atoms with van der Waals surface area (Å²) in [6.45, 7) is 4.04. The number of carbonyl (C=O) groups is 1. The summed E-state index contributed by atoms with van der Waals surface area (Å²) >= 11 is 0. The highest BCUT2D eigenvalue weighted by atomic mass is 16.5. The minimum absolute atomic E-state index is 0.0804. The van der Waals surface area contributed by atoms with E-state index in [9.17, 15) is 4.79 Å². The van der Waals surface area contributed by atoms with Gasteiger partial charge in [0.2, 0.25) is 0 Å². The maximum atomic E-state index is 13.5. The lowest BCUT2D eigenvalue weighted by Crippen LogP contribution is -2.48. The van der Waals surface area contributed by atoms with Crippen LogP contribution in [0, 0.1) is 6.92 Å². The highest BCUT2D eigenvalue weighted by Crippen LogP contribution is 2.41. The second kappa shape index (κ2) is 6.62. The van der Waals surface area contributed by atoms with Gasteiger partial charge in [-0.2, -0.15) is 5.10 Å². The Kier molecular flexibility index (Phi) is 4.17. The molecule has 1 amide bonds. The molecule has 29 heavy (non-hydrogen) atoms. The van der Waals surface area contributed by atoms with Gasteiger partial charge in [-0.25, -0.2) is 0 Å². The topological polar surface area (TPSA) is 72.4 Å². The molecule has 7 nitrogen and oxygen atoms in total. The fourth-order valence-corrected chi connectivity index (χ4v) is 4.90. The van der Waals surface area contributed by atoms with Crippen molar-refractivity contribution >= 4 is 16.8 Å². The lowest BCUT2D eigenvalue weighted by Gasteiger charge is -2.43. The summed E-state index contributed by atoms with van der Waals surface area (Å²) in [5, 5.41) is 8.31. The number of likely N-dealkylation sites (tertiary alicyclic amines) is 1. The first-order chi connectivity index (χ1) is 14.0. The van der Waals surface area contributed by atoms with Gasteiger partial charge in [0.15, 0.2) is 0 Å². The molecule has 0 atom stereocenters. The van der Waals surface area contributed by atoms with Crippen molar-refractivity contribution in [3.8, 4) is 5.75 Å². The van der Waals surface area contributed by atoms with Crippen LogP contribution >= 0.6 is 0 Å². The molecule has 1 N–H and O–H groups in total. The minimum atomic E-state index is -0.335. The van der Waals surface area contributed by atoms with E-state index < -0.39 is 0 Å². The number of rotatable bonds is 2. The van der Waals surface area contributed by atoms with Crippen molar-refractivity contribution in [2.75, 3.05) is 26.8 Å². The molecule has 152 valence electrons. The van der Waals surface area contributed by atoms with Crippen molar-refractivity contribution in [2.45, 2.75) is 31.8 Å². The number of carbonyl (C=O) groups excluding carboxylic acids is 1. The lowest BCUT2D eigenvalue weighted by atomic mass is 9.83. The first-order valence-corrected chi connectivity index (χ1v) is 10.1. The quantitative estimate of drug-likeness (QED) is 0.725. The van der Waals surface area contributed by atoms with Gasteiger partial charge in [-0.1, -0.05) is 0 Å². The maximum absolute atomic E-state index is 13.5. The molecule has 3 aromatic rings. The number of aromatic amines is 1. The third kappa shape index (κ3) is 2.68. The molecule has 0 radical (unpaired) electrons. The molecule has 4 heterocycles. The minimum Gasteiger partial charge on any atom is -0.497 e. The van der Waals surface area contributed by atoms with Gasteiger partial charge in [-0.15, -0.1) is 0 Å². The molecule has 0 saturated carbocycles. The first kappa shape index (κ1) is 18.2. The van der Waals surface area contributed by atoms with E-state index in [-0.39, 0.29) is 11.5 Å². The number of methoxy groups -OCH3 is 1. The van der Waals surface area contributed by atoms with Gasteiger partial charge in [0, 0.05) is 36.7 Å². The van der Waals surface area contributed by atoms with Crippen LogP contribution in [-0.4, -0.2) is 52.4 Å². The predicted molar refractivity (Wildman–Crippen MR) is 109 cm³/mol. The SMILES string of the molecule is COc1ccc2c(c1)c(C(=O)N1CCC3(CC1)OCCc1cn[nH]c13)c(C)n2C. The number of piperidine rings is 1. The van der Waals surface area contributed by atoms with E-state index in [0.717, 1.165) is 52.9 Å². The third-order valence-corrected chi connectivity index (χ3v) is 6.69. The van der Waals surface area contributed by atoms with Crippen molar-refractivity contribution in [3.05, 3.63) is 46.9 Å². The Hall–Kier alpha value is -2.80. The zero-order valence-electron chi connectivity index (χ0n) is 17.1. The normalized spacial score (nSPS) is 18.2. The molecule has 5 rings (SSSR count). The van der Waals surface area contributed by atoms with Crippen molar-refractivity contribution in [1.82, 2.24) is 19.7 Å². The number of hydrogen-bond acceptors (Lipinski definition) is 4. The molecule has 1 spiro atoms. The molecule has 1 aromatic carbocycles. The molecule has 2 aliphatic heterocycles. The molecule has 1 saturated heterocycles. The lowest BCUT2D eigenvalue weighted by molar-refractivity contribution is -0.0962. The Balaban J connectivity index is 1.44. The Labute approximate surface area is 169 Å². The standard InChI is InChI=1S/C22H26N4O3/c1-14-19(17-12-16(28-3)4-5-18(17)25(14)2)21(27)26-9-7-22(8-10-26)20-15(6-11-29-22)13-23-24-20/h4-5,12-13H,6-11H2,1-3H3,(H,23,24). The van der Waals surface area contributed by atoms with Gasteiger partial charge >= 0.3 is 0 Å². The zero-order chi connectivity index (χ0) is 20.2. The summed E-state index contributed by atoms with van der Waals surface area (Å²) in [5.41, 5.74) is 4.79. The van der Waals surface area contributed by atoms with Crippen LogP contribution in [0.5, 0.6) is 5.75 Å². The van der Waals surface area contributed by atoms with E-state index in [1.807, 2.05) is 43.3 Å². The maximum Gasteiger partial charge on any atom is 0.256 e. The monoisotopic (exact) mass is 394 g/mol. The van der Waals surface area contributed by atoms with Gasteiger partial charge in [-0.3, -0.25) is 9.89 Å². The van der Waals surface area contributed by atoms with E-state index in [4.69, 9.17) is 9.47 Å². The summed E-state index contributed by atoms with van der Waals surface area (Å²) in [5.74, 6) is 0.842. The number of ether oxygens (including phenoxy) is 2. The summed E-state index contributed by atoms with van der Waals surface area (Å²) in [4.78, 5) is 15.5. The number of aromatic nitrogens is 3. The predicted octanol–water partition coefficient (Wildman–Crippen LogP) is 2.92. The van der Waals surface area contributed by atoms with Crippen LogP contribution in [0.25, 0.3) is 10.9 Å². The van der Waals surface area contributed by atoms with E-state index >= 15 is 0 Å². The van der Waals surface area contributed by atoms with Crippen LogP contribution < -0.4 is 4.74 Å². The number of aryl methyl sites for hydroxylation is 1. The van der Waals surface area contributed by atoms with E-state index in [1.54, 1.807) is 7.11 Å². The second-order valence-corrected chi connectivity index (χ2v) is 8.06. The molecule has 0 aliphatic carbocycles. The summed E-state index contributed by atoms with van der Waals surface area (Å²) in [6, 6.07) is 5.91. The van der Waals surface area contributed by atoms with E-state index in [1.165, 1.54) is 5.56 Å². The van der Waals surface area contributed by atoms with Crippen LogP contribution in [-0.2, 0) is 23.8 Å². The van der Waals surface area contributed by atoms with Gasteiger partial charge in [0.25, 0.3) is 5.91 Å². The van der Waals surface area contributed by atoms with E-state index in [0.29, 0.717) is 19.7 Å². The van der Waals surface area contributed by atoms with Crippen LogP contribution in [0.4, 0.5) is 0 Å². The number of benzene rings is 1. The Morgan fingerprint density at radius 2 is 2.10 bits per heavy atom. The van der Waals surface area contributed by atoms with Gasteiger partial charge in [-0.05, 0) is 49.9 Å². The van der Waals surface area contributed by atoms with Gasteiger partial charge in [0.1, 0.15) is 11.4 Å². The third-order valence-electron chi connectivity index (χ3n) is 6.69. The number of nitrogens with one attached hydrogen (secondary N) is 1. The second-order valence-electron chi connectivity index (χ2n) is 8.06. The van der Waals surface area contributed by atoms with Gasteiger partial charge in [0.05, 0.1) is 31.2 Å². The highest BCUT2D eigenvalue weighted by Gasteiger charge is 2.43. The largest absolute Gasteiger partial charge is 0.497 e. The van der Waals surface area contributed by atoms with Crippen LogP contribution in [0.15, 0.2) is 24.4 Å². The number of H-pyrrole nitrogens is 1. The Morgan fingerprint density at radius 3 is 2.86 bits per heavy atom. The highest BCUT2D eigenvalue weighted by molar-refractivity contribution is 6.08. The molecule has 0 bridgehead atoms. The van der Waals surface area contributed by atoms with Crippen molar-refractivity contribution in [1.29, 1.82) is 0 Å². The molecule has 1 fully saturated rings. The number of fused-ring (bicyclic) bond motifs is 3. The fraction of sp³-hybridized carbons (Fsp3) is 0.455. The van der Waals surface area contributed by atoms with Crippen LogP contribution in [0.1, 0.15) is 40.2 Å². The fourth-order valence-electron chi connectivity index (χ4n) is 4.90. The van der Waals surface area contributed by atoms with Crippen molar-refractivity contribution in [3.63, 3.8) is 0 Å². The van der Waals surface area contributed by atoms with Crippen molar-refractivity contribution in [2.24, 2.45) is 7.05 Å². The summed E-state index contributed by atoms with van der Waals surface area (Å²) in [6.07, 6.45) is 4.36. The first-order valence-electron chi connectivity index (χ1n) is 10.1. The van der Waals surface area contributed by atoms with Gasteiger partial charge < -0.3 is 18.9 Å². The summed E-state index contributed by atoms with van der Waals surface area (Å²) in [7, 11) is 3.65. The van der Waals surface area contributed by atoms with E-state index in [2.05, 4.69) is 14.8 Å². The average molecular weight is 394 g/mol.